The molecule has 7 heteroatoms. The molecule has 2 rings (SSSR count). The fraction of sp³-hybridized carbons (Fsp3) is 0.643. The highest BCUT2D eigenvalue weighted by Gasteiger charge is 2.28. The maximum Gasteiger partial charge on any atom is 0.323 e. The Hall–Kier alpha value is -2.05. The van der Waals surface area contributed by atoms with Crippen LogP contribution in [0.25, 0.3) is 0 Å². The summed E-state index contributed by atoms with van der Waals surface area (Å²) in [4.78, 5) is 24.8. The Bertz CT molecular complexity index is 469. The van der Waals surface area contributed by atoms with Crippen LogP contribution in [0.4, 0.5) is 4.79 Å². The van der Waals surface area contributed by atoms with E-state index in [-0.39, 0.29) is 24.7 Å². The zero-order chi connectivity index (χ0) is 15.2. The van der Waals surface area contributed by atoms with Crippen LogP contribution in [0.2, 0.25) is 0 Å². The maximum atomic E-state index is 12.3. The zero-order valence-electron chi connectivity index (χ0n) is 12.2. The summed E-state index contributed by atoms with van der Waals surface area (Å²) in [5, 5.41) is 16.0. The molecule has 1 aliphatic rings. The number of carboxylic acids is 1. The third-order valence-electron chi connectivity index (χ3n) is 3.72. The van der Waals surface area contributed by atoms with Crippen molar-refractivity contribution in [2.75, 3.05) is 6.54 Å². The van der Waals surface area contributed by atoms with Crippen molar-refractivity contribution in [3.05, 3.63) is 18.5 Å². The summed E-state index contributed by atoms with van der Waals surface area (Å²) in [6.07, 6.45) is 7.38. The molecular weight excluding hydrogens is 272 g/mol. The first kappa shape index (κ1) is 15.3. The first-order valence-corrected chi connectivity index (χ1v) is 7.32. The van der Waals surface area contributed by atoms with Gasteiger partial charge in [-0.05, 0) is 25.8 Å². The summed E-state index contributed by atoms with van der Waals surface area (Å²) >= 11 is 0. The minimum atomic E-state index is -0.975. The molecule has 1 fully saturated rings. The van der Waals surface area contributed by atoms with Crippen molar-refractivity contribution in [2.24, 2.45) is 0 Å². The fourth-order valence-corrected chi connectivity index (χ4v) is 2.76. The molecule has 2 amide bonds. The average molecular weight is 294 g/mol. The molecule has 2 N–H and O–H groups in total. The zero-order valence-corrected chi connectivity index (χ0v) is 12.2. The van der Waals surface area contributed by atoms with E-state index in [0.717, 1.165) is 25.7 Å². The van der Waals surface area contributed by atoms with E-state index in [1.165, 1.54) is 4.90 Å². The molecule has 1 saturated carbocycles. The number of carbonyl (C=O) groups is 2. The second kappa shape index (κ2) is 7.10. The quantitative estimate of drug-likeness (QED) is 0.828. The number of rotatable bonds is 6. The molecule has 1 unspecified atom stereocenters. The van der Waals surface area contributed by atoms with Crippen LogP contribution in [0.1, 0.15) is 32.6 Å². The topological polar surface area (TPSA) is 87.5 Å². The van der Waals surface area contributed by atoms with Gasteiger partial charge in [0.2, 0.25) is 0 Å². The summed E-state index contributed by atoms with van der Waals surface area (Å²) < 4.78 is 1.74. The smallest absolute Gasteiger partial charge is 0.323 e. The van der Waals surface area contributed by atoms with Crippen LogP contribution in [0.15, 0.2) is 18.5 Å². The molecule has 0 saturated heterocycles. The van der Waals surface area contributed by atoms with Gasteiger partial charge in [0.25, 0.3) is 0 Å². The van der Waals surface area contributed by atoms with Gasteiger partial charge in [0, 0.05) is 24.5 Å². The van der Waals surface area contributed by atoms with E-state index in [1.54, 1.807) is 10.9 Å². The maximum absolute atomic E-state index is 12.3. The highest BCUT2D eigenvalue weighted by atomic mass is 16.4. The van der Waals surface area contributed by atoms with E-state index in [1.807, 2.05) is 19.2 Å². The number of nitrogens with one attached hydrogen (secondary N) is 1. The largest absolute Gasteiger partial charge is 0.480 e. The van der Waals surface area contributed by atoms with E-state index in [9.17, 15) is 9.59 Å². The van der Waals surface area contributed by atoms with E-state index < -0.39 is 5.97 Å². The molecule has 1 aromatic heterocycles. The Morgan fingerprint density at radius 1 is 1.48 bits per heavy atom. The standard InChI is InChI=1S/C14H22N4O3/c1-11(9-17-8-4-7-15-17)16-14(21)18(10-13(19)20)12-5-2-3-6-12/h4,7-8,11-12H,2-3,5-6,9-10H2,1H3,(H,16,21)(H,19,20). The average Bonchev–Trinajstić information content (AvgIpc) is 3.07. The number of carboxylic acid groups (broad SMARTS) is 1. The molecule has 1 aliphatic carbocycles. The van der Waals surface area contributed by atoms with Crippen molar-refractivity contribution in [1.29, 1.82) is 0 Å². The molecule has 1 atom stereocenters. The van der Waals surface area contributed by atoms with E-state index >= 15 is 0 Å². The van der Waals surface area contributed by atoms with Gasteiger partial charge in [0.05, 0.1) is 6.54 Å². The lowest BCUT2D eigenvalue weighted by Gasteiger charge is -2.29. The fourth-order valence-electron chi connectivity index (χ4n) is 2.76. The van der Waals surface area contributed by atoms with Crippen molar-refractivity contribution in [2.45, 2.75) is 51.2 Å². The number of hydrogen-bond acceptors (Lipinski definition) is 3. The molecule has 0 spiro atoms. The molecule has 21 heavy (non-hydrogen) atoms. The van der Waals surface area contributed by atoms with Gasteiger partial charge in [0.15, 0.2) is 0 Å². The number of hydrogen-bond donors (Lipinski definition) is 2. The predicted molar refractivity (Wildman–Crippen MR) is 76.8 cm³/mol. The van der Waals surface area contributed by atoms with Crippen LogP contribution in [0.3, 0.4) is 0 Å². The predicted octanol–water partition coefficient (Wildman–Crippen LogP) is 1.31. The number of nitrogens with zero attached hydrogens (tertiary/aromatic N) is 3. The van der Waals surface area contributed by atoms with Crippen LogP contribution in [0, 0.1) is 0 Å². The van der Waals surface area contributed by atoms with Crippen molar-refractivity contribution >= 4 is 12.0 Å². The number of carbonyl (C=O) groups excluding carboxylic acids is 1. The molecule has 7 nitrogen and oxygen atoms in total. The Morgan fingerprint density at radius 3 is 2.76 bits per heavy atom. The molecule has 0 bridgehead atoms. The number of aliphatic carboxylic acids is 1. The highest BCUT2D eigenvalue weighted by molar-refractivity contribution is 5.80. The van der Waals surface area contributed by atoms with Gasteiger partial charge >= 0.3 is 12.0 Å². The van der Waals surface area contributed by atoms with Gasteiger partial charge in [-0.15, -0.1) is 0 Å². The second-order valence-electron chi connectivity index (χ2n) is 5.54. The highest BCUT2D eigenvalue weighted by Crippen LogP contribution is 2.23. The van der Waals surface area contributed by atoms with Crippen LogP contribution in [-0.4, -0.2) is 50.4 Å². The third kappa shape index (κ3) is 4.47. The molecule has 0 radical (unpaired) electrons. The minimum absolute atomic E-state index is 0.0398. The van der Waals surface area contributed by atoms with Crippen LogP contribution < -0.4 is 5.32 Å². The van der Waals surface area contributed by atoms with Crippen molar-refractivity contribution in [3.8, 4) is 0 Å². The van der Waals surface area contributed by atoms with E-state index in [0.29, 0.717) is 6.54 Å². The van der Waals surface area contributed by atoms with Crippen LogP contribution in [0.5, 0.6) is 0 Å². The van der Waals surface area contributed by atoms with Gasteiger partial charge in [-0.3, -0.25) is 9.48 Å². The summed E-state index contributed by atoms with van der Waals surface area (Å²) in [6, 6.07) is 1.45. The molecular formula is C14H22N4O3. The molecule has 0 aliphatic heterocycles. The lowest BCUT2D eigenvalue weighted by atomic mass is 10.2. The Morgan fingerprint density at radius 2 is 2.19 bits per heavy atom. The second-order valence-corrected chi connectivity index (χ2v) is 5.54. The van der Waals surface area contributed by atoms with Crippen molar-refractivity contribution < 1.29 is 14.7 Å². The van der Waals surface area contributed by atoms with E-state index in [2.05, 4.69) is 10.4 Å². The van der Waals surface area contributed by atoms with Gasteiger partial charge in [-0.25, -0.2) is 4.79 Å². The van der Waals surface area contributed by atoms with Gasteiger partial charge in [-0.2, -0.15) is 5.10 Å². The van der Waals surface area contributed by atoms with E-state index in [4.69, 9.17) is 5.11 Å². The van der Waals surface area contributed by atoms with Crippen LogP contribution >= 0.6 is 0 Å². The molecule has 0 aromatic carbocycles. The van der Waals surface area contributed by atoms with Gasteiger partial charge in [0.1, 0.15) is 6.54 Å². The lowest BCUT2D eigenvalue weighted by Crippen LogP contribution is -2.50. The van der Waals surface area contributed by atoms with Crippen molar-refractivity contribution in [1.82, 2.24) is 20.0 Å². The molecule has 116 valence electrons. The lowest BCUT2D eigenvalue weighted by molar-refractivity contribution is -0.138. The Kier molecular flexibility index (Phi) is 5.19. The van der Waals surface area contributed by atoms with Gasteiger partial charge < -0.3 is 15.3 Å². The summed E-state index contributed by atoms with van der Waals surface area (Å²) in [5.41, 5.74) is 0. The normalized spacial score (nSPS) is 16.6. The van der Waals surface area contributed by atoms with Crippen LogP contribution in [-0.2, 0) is 11.3 Å². The SMILES string of the molecule is CC(Cn1cccn1)NC(=O)N(CC(=O)O)C1CCCC1. The molecule has 1 heterocycles. The first-order chi connectivity index (χ1) is 10.1. The van der Waals surface area contributed by atoms with Crippen molar-refractivity contribution in [3.63, 3.8) is 0 Å². The number of amides is 2. The summed E-state index contributed by atoms with van der Waals surface area (Å²) in [5.74, 6) is -0.975. The summed E-state index contributed by atoms with van der Waals surface area (Å²) in [7, 11) is 0. The first-order valence-electron chi connectivity index (χ1n) is 7.32. The number of aromatic nitrogens is 2. The molecule has 1 aromatic rings. The Labute approximate surface area is 123 Å². The third-order valence-corrected chi connectivity index (χ3v) is 3.72. The Balaban J connectivity index is 1.92. The summed E-state index contributed by atoms with van der Waals surface area (Å²) in [6.45, 7) is 2.20. The van der Waals surface area contributed by atoms with Gasteiger partial charge in [-0.1, -0.05) is 12.8 Å². The number of urea groups is 1. The monoisotopic (exact) mass is 294 g/mol. The minimum Gasteiger partial charge on any atom is -0.480 e.